The molecule has 4 heteroatoms. The molecule has 1 fully saturated rings. The maximum absolute atomic E-state index is 11.2. The van der Waals surface area contributed by atoms with Gasteiger partial charge in [-0.2, -0.15) is 0 Å². The van der Waals surface area contributed by atoms with Crippen LogP contribution in [0, 0.1) is 5.92 Å². The fourth-order valence-corrected chi connectivity index (χ4v) is 3.01. The molecule has 0 radical (unpaired) electrons. The number of aliphatic carboxylic acids is 1. The van der Waals surface area contributed by atoms with Gasteiger partial charge in [0.25, 0.3) is 0 Å². The Hall–Kier alpha value is -0.870. The molecule has 2 rings (SSSR count). The van der Waals surface area contributed by atoms with Gasteiger partial charge in [0.05, 0.1) is 5.92 Å². The standard InChI is InChI=1S/C14H18BrNO2/c15-11-5-3-4-10(8-11)9-16-13-7-2-1-6-12(13)14(17)18/h3-5,8,12-13,16H,1-2,6-7,9H2,(H,17,18)/t12-,13-/m0/s1. The number of nitrogens with one attached hydrogen (secondary N) is 1. The van der Waals surface area contributed by atoms with Gasteiger partial charge in [-0.25, -0.2) is 0 Å². The summed E-state index contributed by atoms with van der Waals surface area (Å²) < 4.78 is 1.06. The molecule has 18 heavy (non-hydrogen) atoms. The van der Waals surface area contributed by atoms with Crippen LogP contribution in [0.15, 0.2) is 28.7 Å². The van der Waals surface area contributed by atoms with Crippen molar-refractivity contribution in [1.82, 2.24) is 5.32 Å². The lowest BCUT2D eigenvalue weighted by molar-refractivity contribution is -0.143. The van der Waals surface area contributed by atoms with Crippen molar-refractivity contribution in [3.8, 4) is 0 Å². The molecule has 98 valence electrons. The zero-order valence-corrected chi connectivity index (χ0v) is 11.8. The van der Waals surface area contributed by atoms with Crippen molar-refractivity contribution in [1.29, 1.82) is 0 Å². The molecular formula is C14H18BrNO2. The number of carbonyl (C=O) groups is 1. The molecule has 1 saturated carbocycles. The maximum Gasteiger partial charge on any atom is 0.308 e. The average Bonchev–Trinajstić information content (AvgIpc) is 2.37. The molecule has 0 amide bonds. The summed E-state index contributed by atoms with van der Waals surface area (Å²) in [5, 5.41) is 12.6. The van der Waals surface area contributed by atoms with Gasteiger partial charge < -0.3 is 10.4 Å². The minimum atomic E-state index is -0.665. The molecule has 3 nitrogen and oxygen atoms in total. The van der Waals surface area contributed by atoms with E-state index in [1.54, 1.807) is 0 Å². The number of carboxylic acids is 1. The predicted molar refractivity (Wildman–Crippen MR) is 74.4 cm³/mol. The third-order valence-electron chi connectivity index (χ3n) is 3.54. The Morgan fingerprint density at radius 3 is 2.89 bits per heavy atom. The van der Waals surface area contributed by atoms with Gasteiger partial charge in [-0.1, -0.05) is 40.9 Å². The van der Waals surface area contributed by atoms with E-state index >= 15 is 0 Å². The summed E-state index contributed by atoms with van der Waals surface area (Å²) in [6, 6.07) is 8.21. The topological polar surface area (TPSA) is 49.3 Å². The van der Waals surface area contributed by atoms with E-state index in [1.165, 1.54) is 5.56 Å². The van der Waals surface area contributed by atoms with Crippen LogP contribution in [-0.4, -0.2) is 17.1 Å². The van der Waals surface area contributed by atoms with Gasteiger partial charge in [0.1, 0.15) is 0 Å². The first-order valence-electron chi connectivity index (χ1n) is 6.37. The monoisotopic (exact) mass is 311 g/mol. The van der Waals surface area contributed by atoms with Crippen LogP contribution in [-0.2, 0) is 11.3 Å². The molecule has 2 atom stereocenters. The van der Waals surface area contributed by atoms with Crippen LogP contribution >= 0.6 is 15.9 Å². The van der Waals surface area contributed by atoms with E-state index in [1.807, 2.05) is 12.1 Å². The van der Waals surface area contributed by atoms with E-state index in [9.17, 15) is 9.90 Å². The summed E-state index contributed by atoms with van der Waals surface area (Å²) in [6.07, 6.45) is 3.92. The molecular weight excluding hydrogens is 294 g/mol. The van der Waals surface area contributed by atoms with Crippen molar-refractivity contribution in [2.75, 3.05) is 0 Å². The van der Waals surface area contributed by atoms with Crippen molar-refractivity contribution in [3.63, 3.8) is 0 Å². The lowest BCUT2D eigenvalue weighted by Gasteiger charge is -2.29. The zero-order chi connectivity index (χ0) is 13.0. The molecule has 1 aromatic rings. The Bertz CT molecular complexity index is 422. The third-order valence-corrected chi connectivity index (χ3v) is 4.03. The molecule has 1 aliphatic rings. The Balaban J connectivity index is 1.93. The second-order valence-electron chi connectivity index (χ2n) is 4.85. The molecule has 0 spiro atoms. The SMILES string of the molecule is O=C(O)[C@H]1CCCC[C@@H]1NCc1cccc(Br)c1. The highest BCUT2D eigenvalue weighted by molar-refractivity contribution is 9.10. The Morgan fingerprint density at radius 2 is 2.17 bits per heavy atom. The molecule has 1 aromatic carbocycles. The van der Waals surface area contributed by atoms with Crippen LogP contribution in [0.2, 0.25) is 0 Å². The van der Waals surface area contributed by atoms with Gasteiger partial charge in [-0.15, -0.1) is 0 Å². The lowest BCUT2D eigenvalue weighted by atomic mass is 9.84. The van der Waals surface area contributed by atoms with Gasteiger partial charge in [-0.3, -0.25) is 4.79 Å². The van der Waals surface area contributed by atoms with Crippen molar-refractivity contribution in [2.45, 2.75) is 38.3 Å². The first-order chi connectivity index (χ1) is 8.66. The van der Waals surface area contributed by atoms with Crippen LogP contribution in [0.25, 0.3) is 0 Å². The Morgan fingerprint density at radius 1 is 1.39 bits per heavy atom. The van der Waals surface area contributed by atoms with E-state index in [2.05, 4.69) is 33.4 Å². The first kappa shape index (κ1) is 13.6. The first-order valence-corrected chi connectivity index (χ1v) is 7.17. The summed E-state index contributed by atoms with van der Waals surface area (Å²) in [4.78, 5) is 11.2. The van der Waals surface area contributed by atoms with Gasteiger partial charge in [0, 0.05) is 17.1 Å². The highest BCUT2D eigenvalue weighted by atomic mass is 79.9. The van der Waals surface area contributed by atoms with E-state index in [0.29, 0.717) is 0 Å². The largest absolute Gasteiger partial charge is 0.481 e. The van der Waals surface area contributed by atoms with Gasteiger partial charge in [-0.05, 0) is 30.5 Å². The summed E-state index contributed by atoms with van der Waals surface area (Å²) in [7, 11) is 0. The van der Waals surface area contributed by atoms with Crippen LogP contribution in [0.1, 0.15) is 31.2 Å². The molecule has 0 bridgehead atoms. The molecule has 0 heterocycles. The highest BCUT2D eigenvalue weighted by Crippen LogP contribution is 2.25. The second-order valence-corrected chi connectivity index (χ2v) is 5.76. The van der Waals surface area contributed by atoms with Crippen LogP contribution < -0.4 is 5.32 Å². The fourth-order valence-electron chi connectivity index (χ4n) is 2.57. The smallest absolute Gasteiger partial charge is 0.308 e. The summed E-state index contributed by atoms with van der Waals surface area (Å²) in [6.45, 7) is 0.730. The summed E-state index contributed by atoms with van der Waals surface area (Å²) in [5.74, 6) is -0.896. The van der Waals surface area contributed by atoms with Crippen molar-refractivity contribution in [2.24, 2.45) is 5.92 Å². The highest BCUT2D eigenvalue weighted by Gasteiger charge is 2.30. The van der Waals surface area contributed by atoms with Gasteiger partial charge in [0.15, 0.2) is 0 Å². The van der Waals surface area contributed by atoms with Crippen LogP contribution in [0.3, 0.4) is 0 Å². The summed E-state index contributed by atoms with van der Waals surface area (Å²) in [5.41, 5.74) is 1.18. The quantitative estimate of drug-likeness (QED) is 0.898. The molecule has 1 aliphatic carbocycles. The second kappa shape index (κ2) is 6.34. The molecule has 0 aliphatic heterocycles. The van der Waals surface area contributed by atoms with E-state index < -0.39 is 5.97 Å². The lowest BCUT2D eigenvalue weighted by Crippen LogP contribution is -2.41. The minimum absolute atomic E-state index is 0.107. The van der Waals surface area contributed by atoms with Crippen LogP contribution in [0.4, 0.5) is 0 Å². The number of halogens is 1. The van der Waals surface area contributed by atoms with E-state index in [0.717, 1.165) is 36.7 Å². The van der Waals surface area contributed by atoms with E-state index in [-0.39, 0.29) is 12.0 Å². The fraction of sp³-hybridized carbons (Fsp3) is 0.500. The molecule has 0 aromatic heterocycles. The maximum atomic E-state index is 11.2. The average molecular weight is 312 g/mol. The number of benzene rings is 1. The number of rotatable bonds is 4. The number of carboxylic acid groups (broad SMARTS) is 1. The van der Waals surface area contributed by atoms with Crippen molar-refractivity contribution < 1.29 is 9.90 Å². The van der Waals surface area contributed by atoms with Gasteiger partial charge in [0.2, 0.25) is 0 Å². The van der Waals surface area contributed by atoms with Crippen LogP contribution in [0.5, 0.6) is 0 Å². The molecule has 0 unspecified atom stereocenters. The van der Waals surface area contributed by atoms with Gasteiger partial charge >= 0.3 is 5.97 Å². The number of hydrogen-bond donors (Lipinski definition) is 2. The van der Waals surface area contributed by atoms with Crippen molar-refractivity contribution >= 4 is 21.9 Å². The number of hydrogen-bond acceptors (Lipinski definition) is 2. The minimum Gasteiger partial charge on any atom is -0.481 e. The van der Waals surface area contributed by atoms with Crippen molar-refractivity contribution in [3.05, 3.63) is 34.3 Å². The Kier molecular flexibility index (Phi) is 4.78. The Labute approximate surface area is 116 Å². The zero-order valence-electron chi connectivity index (χ0n) is 10.2. The molecule has 0 saturated heterocycles. The van der Waals surface area contributed by atoms with E-state index in [4.69, 9.17) is 0 Å². The summed E-state index contributed by atoms with van der Waals surface area (Å²) >= 11 is 3.44. The molecule has 2 N–H and O–H groups in total. The normalized spacial score (nSPS) is 23.8. The predicted octanol–water partition coefficient (Wildman–Crippen LogP) is 3.18. The third kappa shape index (κ3) is 3.56.